The van der Waals surface area contributed by atoms with E-state index in [0.29, 0.717) is 24.5 Å². The summed E-state index contributed by atoms with van der Waals surface area (Å²) >= 11 is 0. The Kier molecular flexibility index (Phi) is 5.16. The van der Waals surface area contributed by atoms with E-state index in [9.17, 15) is 22.8 Å². The maximum Gasteiger partial charge on any atom is 0.416 e. The van der Waals surface area contributed by atoms with Gasteiger partial charge in [0, 0.05) is 30.5 Å². The third-order valence-electron chi connectivity index (χ3n) is 3.94. The summed E-state index contributed by atoms with van der Waals surface area (Å²) < 4.78 is 38.1. The molecule has 3 rings (SSSR count). The predicted molar refractivity (Wildman–Crippen MR) is 96.3 cm³/mol. The number of rotatable bonds is 4. The van der Waals surface area contributed by atoms with Gasteiger partial charge in [0.05, 0.1) is 5.56 Å². The summed E-state index contributed by atoms with van der Waals surface area (Å²) in [5, 5.41) is 5.32. The molecule has 5 nitrogen and oxygen atoms in total. The number of halogens is 3. The van der Waals surface area contributed by atoms with Crippen molar-refractivity contribution in [3.63, 3.8) is 0 Å². The molecule has 1 fully saturated rings. The Balaban J connectivity index is 1.62. The predicted octanol–water partition coefficient (Wildman–Crippen LogP) is 3.89. The average molecular weight is 375 g/mol. The first-order valence-electron chi connectivity index (χ1n) is 8.15. The highest BCUT2D eigenvalue weighted by Crippen LogP contribution is 2.29. The van der Waals surface area contributed by atoms with Gasteiger partial charge in [-0.2, -0.15) is 13.2 Å². The SMILES string of the molecule is O=C(/C=C/c1cccc(C(F)(F)F)c1)Nc1ccc(N2CCNC2=O)cc1. The number of carbonyl (C=O) groups excluding carboxylic acids is 2. The Morgan fingerprint density at radius 3 is 2.52 bits per heavy atom. The van der Waals surface area contributed by atoms with Gasteiger partial charge < -0.3 is 10.6 Å². The van der Waals surface area contributed by atoms with E-state index < -0.39 is 17.6 Å². The van der Waals surface area contributed by atoms with Crippen molar-refractivity contribution < 1.29 is 22.8 Å². The van der Waals surface area contributed by atoms with Crippen molar-refractivity contribution in [1.29, 1.82) is 0 Å². The molecule has 27 heavy (non-hydrogen) atoms. The van der Waals surface area contributed by atoms with Crippen LogP contribution >= 0.6 is 0 Å². The molecular formula is C19H16F3N3O2. The quantitative estimate of drug-likeness (QED) is 0.797. The van der Waals surface area contributed by atoms with Gasteiger partial charge in [0.2, 0.25) is 5.91 Å². The normalized spacial score (nSPS) is 14.5. The van der Waals surface area contributed by atoms with Crippen molar-refractivity contribution in [3.05, 3.63) is 65.7 Å². The van der Waals surface area contributed by atoms with Crippen molar-refractivity contribution in [2.45, 2.75) is 6.18 Å². The average Bonchev–Trinajstić information content (AvgIpc) is 3.06. The lowest BCUT2D eigenvalue weighted by Gasteiger charge is -2.14. The summed E-state index contributed by atoms with van der Waals surface area (Å²) in [7, 11) is 0. The van der Waals surface area contributed by atoms with Crippen LogP contribution in [-0.2, 0) is 11.0 Å². The summed E-state index contributed by atoms with van der Waals surface area (Å²) in [6.07, 6.45) is -1.95. The Bertz CT molecular complexity index is 877. The zero-order chi connectivity index (χ0) is 19.4. The third kappa shape index (κ3) is 4.66. The van der Waals surface area contributed by atoms with E-state index in [1.54, 1.807) is 29.2 Å². The third-order valence-corrected chi connectivity index (χ3v) is 3.94. The zero-order valence-electron chi connectivity index (χ0n) is 14.1. The molecule has 0 aliphatic carbocycles. The monoisotopic (exact) mass is 375 g/mol. The van der Waals surface area contributed by atoms with E-state index in [-0.39, 0.29) is 11.6 Å². The topological polar surface area (TPSA) is 61.4 Å². The van der Waals surface area contributed by atoms with Crippen LogP contribution in [0.5, 0.6) is 0 Å². The molecule has 0 unspecified atom stereocenters. The van der Waals surface area contributed by atoms with Gasteiger partial charge in [-0.3, -0.25) is 9.69 Å². The Hall–Kier alpha value is -3.29. The minimum Gasteiger partial charge on any atom is -0.336 e. The number of hydrogen-bond donors (Lipinski definition) is 2. The Labute approximate surface area is 153 Å². The molecule has 8 heteroatoms. The van der Waals surface area contributed by atoms with Gasteiger partial charge in [0.1, 0.15) is 0 Å². The maximum atomic E-state index is 12.7. The van der Waals surface area contributed by atoms with Crippen LogP contribution in [0.15, 0.2) is 54.6 Å². The lowest BCUT2D eigenvalue weighted by atomic mass is 10.1. The highest BCUT2D eigenvalue weighted by Gasteiger charge is 2.30. The lowest BCUT2D eigenvalue weighted by molar-refractivity contribution is -0.137. The molecule has 0 saturated carbocycles. The van der Waals surface area contributed by atoms with Crippen molar-refractivity contribution >= 4 is 29.4 Å². The fraction of sp³-hybridized carbons (Fsp3) is 0.158. The van der Waals surface area contributed by atoms with Crippen molar-refractivity contribution in [1.82, 2.24) is 5.32 Å². The van der Waals surface area contributed by atoms with Gasteiger partial charge >= 0.3 is 12.2 Å². The molecule has 1 heterocycles. The van der Waals surface area contributed by atoms with Crippen molar-refractivity contribution in [3.8, 4) is 0 Å². The van der Waals surface area contributed by atoms with Gasteiger partial charge in [-0.15, -0.1) is 0 Å². The smallest absolute Gasteiger partial charge is 0.336 e. The Morgan fingerprint density at radius 1 is 1.15 bits per heavy atom. The number of nitrogens with one attached hydrogen (secondary N) is 2. The molecule has 3 amide bonds. The lowest BCUT2D eigenvalue weighted by Crippen LogP contribution is -2.27. The number of alkyl halides is 3. The van der Waals surface area contributed by atoms with E-state index in [4.69, 9.17) is 0 Å². The number of benzene rings is 2. The number of carbonyl (C=O) groups is 2. The standard InChI is InChI=1S/C19H16F3N3O2/c20-19(21,22)14-3-1-2-13(12-14)4-9-17(26)24-15-5-7-16(8-6-15)25-11-10-23-18(25)27/h1-9,12H,10-11H2,(H,23,27)(H,24,26)/b9-4+. The number of nitrogens with zero attached hydrogens (tertiary/aromatic N) is 1. The molecule has 0 spiro atoms. The molecule has 1 aliphatic rings. The summed E-state index contributed by atoms with van der Waals surface area (Å²) in [4.78, 5) is 25.2. The first kappa shape index (κ1) is 18.5. The Morgan fingerprint density at radius 2 is 1.89 bits per heavy atom. The van der Waals surface area contributed by atoms with Gasteiger partial charge in [-0.25, -0.2) is 4.79 Å². The highest BCUT2D eigenvalue weighted by atomic mass is 19.4. The molecule has 2 N–H and O–H groups in total. The van der Waals surface area contributed by atoms with Gasteiger partial charge in [0.25, 0.3) is 0 Å². The molecule has 1 aliphatic heterocycles. The summed E-state index contributed by atoms with van der Waals surface area (Å²) in [5.74, 6) is -0.473. The van der Waals surface area contributed by atoms with Crippen LogP contribution in [0, 0.1) is 0 Å². The summed E-state index contributed by atoms with van der Waals surface area (Å²) in [6.45, 7) is 1.15. The van der Waals surface area contributed by atoms with Crippen LogP contribution in [-0.4, -0.2) is 25.0 Å². The largest absolute Gasteiger partial charge is 0.416 e. The van der Waals surface area contributed by atoms with E-state index in [2.05, 4.69) is 10.6 Å². The second-order valence-electron chi connectivity index (χ2n) is 5.88. The first-order valence-corrected chi connectivity index (χ1v) is 8.15. The summed E-state index contributed by atoms with van der Waals surface area (Å²) in [6, 6.07) is 11.2. The summed E-state index contributed by atoms with van der Waals surface area (Å²) in [5.41, 5.74) is 0.724. The molecule has 140 valence electrons. The number of anilines is 2. The molecule has 0 bridgehead atoms. The van der Waals surface area contributed by atoms with Crippen molar-refractivity contribution in [2.75, 3.05) is 23.3 Å². The van der Waals surface area contributed by atoms with Crippen molar-refractivity contribution in [2.24, 2.45) is 0 Å². The van der Waals surface area contributed by atoms with Gasteiger partial charge in [-0.1, -0.05) is 12.1 Å². The number of urea groups is 1. The molecule has 1 saturated heterocycles. The van der Waals surface area contributed by atoms with Crippen LogP contribution in [0.1, 0.15) is 11.1 Å². The number of amides is 3. The maximum absolute atomic E-state index is 12.7. The van der Waals surface area contributed by atoms with Crippen LogP contribution in [0.2, 0.25) is 0 Å². The fourth-order valence-electron chi connectivity index (χ4n) is 2.62. The molecular weight excluding hydrogens is 359 g/mol. The van der Waals surface area contributed by atoms with Gasteiger partial charge in [0.15, 0.2) is 0 Å². The highest BCUT2D eigenvalue weighted by molar-refractivity contribution is 6.02. The second-order valence-corrected chi connectivity index (χ2v) is 5.88. The molecule has 2 aromatic rings. The van der Waals surface area contributed by atoms with E-state index in [0.717, 1.165) is 18.2 Å². The van der Waals surface area contributed by atoms with Crippen LogP contribution in [0.3, 0.4) is 0 Å². The van der Waals surface area contributed by atoms with E-state index >= 15 is 0 Å². The molecule has 0 aromatic heterocycles. The fourth-order valence-corrected chi connectivity index (χ4v) is 2.62. The molecule has 0 atom stereocenters. The van der Waals surface area contributed by atoms with E-state index in [1.807, 2.05) is 0 Å². The second kappa shape index (κ2) is 7.53. The minimum absolute atomic E-state index is 0.171. The van der Waals surface area contributed by atoms with E-state index in [1.165, 1.54) is 18.2 Å². The minimum atomic E-state index is -4.43. The first-order chi connectivity index (χ1) is 12.8. The molecule has 0 radical (unpaired) electrons. The zero-order valence-corrected chi connectivity index (χ0v) is 14.1. The van der Waals surface area contributed by atoms with Crippen LogP contribution in [0.4, 0.5) is 29.3 Å². The van der Waals surface area contributed by atoms with Crippen LogP contribution in [0.25, 0.3) is 6.08 Å². The van der Waals surface area contributed by atoms with Gasteiger partial charge in [-0.05, 0) is 48.0 Å². The van der Waals surface area contributed by atoms with Crippen LogP contribution < -0.4 is 15.5 Å². The molecule has 2 aromatic carbocycles. The number of hydrogen-bond acceptors (Lipinski definition) is 2.